The summed E-state index contributed by atoms with van der Waals surface area (Å²) in [5.41, 5.74) is 1.87. The van der Waals surface area contributed by atoms with Gasteiger partial charge in [0.05, 0.1) is 22.8 Å². The lowest BCUT2D eigenvalue weighted by Crippen LogP contribution is -2.20. The fourth-order valence-electron chi connectivity index (χ4n) is 3.46. The van der Waals surface area contributed by atoms with Crippen LogP contribution in [0.3, 0.4) is 0 Å². The molecule has 3 heterocycles. The molecule has 5 rings (SSSR count). The van der Waals surface area contributed by atoms with Crippen LogP contribution in [0.5, 0.6) is 0 Å². The lowest BCUT2D eigenvalue weighted by Gasteiger charge is -2.07. The molecule has 0 aliphatic carbocycles. The first-order valence-electron chi connectivity index (χ1n) is 9.55. The minimum absolute atomic E-state index is 0.264. The van der Waals surface area contributed by atoms with Gasteiger partial charge < -0.3 is 8.98 Å². The molecule has 0 atom stereocenters. The zero-order valence-electron chi connectivity index (χ0n) is 16.1. The predicted molar refractivity (Wildman–Crippen MR) is 119 cm³/mol. The largest absolute Gasteiger partial charge is 0.453 e. The van der Waals surface area contributed by atoms with E-state index in [0.29, 0.717) is 33.1 Å². The van der Waals surface area contributed by atoms with Gasteiger partial charge in [-0.3, -0.25) is 4.79 Å². The van der Waals surface area contributed by atoms with Crippen molar-refractivity contribution < 1.29 is 4.42 Å². The Hall–Kier alpha value is -3.64. The highest BCUT2D eigenvalue weighted by Gasteiger charge is 2.16. The molecule has 0 amide bonds. The smallest absolute Gasteiger partial charge is 0.282 e. The molecule has 30 heavy (non-hydrogen) atoms. The molecule has 0 saturated heterocycles. The first-order valence-corrected chi connectivity index (χ1v) is 9.92. The van der Waals surface area contributed by atoms with Crippen molar-refractivity contribution in [2.24, 2.45) is 5.10 Å². The van der Waals surface area contributed by atoms with Crippen molar-refractivity contribution in [3.8, 4) is 11.6 Å². The number of halogens is 1. The van der Waals surface area contributed by atoms with Gasteiger partial charge in [0, 0.05) is 23.2 Å². The van der Waals surface area contributed by atoms with E-state index < -0.39 is 0 Å². The molecule has 5 aromatic rings. The number of furan rings is 1. The van der Waals surface area contributed by atoms with Gasteiger partial charge in [0.2, 0.25) is 5.82 Å². The molecular formula is C23H17ClN4O2. The second-order valence-electron chi connectivity index (χ2n) is 6.83. The zero-order chi connectivity index (χ0) is 20.7. The maximum absolute atomic E-state index is 13.2. The fourth-order valence-corrected chi connectivity index (χ4v) is 3.64. The summed E-state index contributed by atoms with van der Waals surface area (Å²) in [6, 6.07) is 18.3. The Morgan fingerprint density at radius 2 is 2.00 bits per heavy atom. The minimum atomic E-state index is -0.264. The third kappa shape index (κ3) is 3.11. The van der Waals surface area contributed by atoms with Crippen molar-refractivity contribution in [2.75, 3.05) is 0 Å². The molecule has 0 unspecified atom stereocenters. The molecule has 0 bridgehead atoms. The predicted octanol–water partition coefficient (Wildman–Crippen LogP) is 5.17. The maximum Gasteiger partial charge on any atom is 0.282 e. The minimum Gasteiger partial charge on any atom is -0.453 e. The molecule has 148 valence electrons. The van der Waals surface area contributed by atoms with Gasteiger partial charge in [0.15, 0.2) is 5.76 Å². The van der Waals surface area contributed by atoms with Gasteiger partial charge in [0.25, 0.3) is 5.56 Å². The topological polar surface area (TPSA) is 65.3 Å². The van der Waals surface area contributed by atoms with Gasteiger partial charge in [-0.05, 0) is 55.5 Å². The Morgan fingerprint density at radius 3 is 2.87 bits per heavy atom. The number of nitrogens with zero attached hydrogens (tertiary/aromatic N) is 4. The SMILES string of the molecule is CCn1cccc1C=Nn1c(-c2cc3cc(Cl)ccc3o2)nc2ccccc2c1=O. The molecule has 0 saturated carbocycles. The Balaban J connectivity index is 1.75. The molecule has 0 fully saturated rings. The van der Waals surface area contributed by atoms with E-state index in [0.717, 1.165) is 17.6 Å². The van der Waals surface area contributed by atoms with Gasteiger partial charge in [-0.15, -0.1) is 0 Å². The molecule has 7 heteroatoms. The van der Waals surface area contributed by atoms with E-state index in [-0.39, 0.29) is 5.56 Å². The lowest BCUT2D eigenvalue weighted by molar-refractivity contribution is 0.616. The zero-order valence-corrected chi connectivity index (χ0v) is 16.9. The van der Waals surface area contributed by atoms with E-state index in [4.69, 9.17) is 16.0 Å². The van der Waals surface area contributed by atoms with Gasteiger partial charge in [-0.25, -0.2) is 4.98 Å². The van der Waals surface area contributed by atoms with E-state index >= 15 is 0 Å². The quantitative estimate of drug-likeness (QED) is 0.380. The number of benzene rings is 2. The molecular weight excluding hydrogens is 400 g/mol. The van der Waals surface area contributed by atoms with E-state index in [1.165, 1.54) is 4.68 Å². The van der Waals surface area contributed by atoms with Crippen LogP contribution in [0.15, 0.2) is 81.2 Å². The Labute approximate surface area is 176 Å². The molecule has 3 aromatic heterocycles. The van der Waals surface area contributed by atoms with Crippen LogP contribution >= 0.6 is 11.6 Å². The molecule has 2 aromatic carbocycles. The fraction of sp³-hybridized carbons (Fsp3) is 0.0870. The Morgan fingerprint density at radius 1 is 1.13 bits per heavy atom. The Bertz CT molecular complexity index is 1480. The first kappa shape index (κ1) is 18.4. The van der Waals surface area contributed by atoms with Crippen LogP contribution in [0.1, 0.15) is 12.6 Å². The molecule has 0 aliphatic rings. The third-order valence-corrected chi connectivity index (χ3v) is 5.20. The second kappa shape index (κ2) is 7.31. The van der Waals surface area contributed by atoms with Gasteiger partial charge in [-0.1, -0.05) is 23.7 Å². The molecule has 0 N–H and O–H groups in total. The van der Waals surface area contributed by atoms with Gasteiger partial charge in [0.1, 0.15) is 5.58 Å². The lowest BCUT2D eigenvalue weighted by atomic mass is 10.2. The van der Waals surface area contributed by atoms with E-state index in [1.807, 2.05) is 54.1 Å². The van der Waals surface area contributed by atoms with Crippen molar-refractivity contribution >= 4 is 39.7 Å². The van der Waals surface area contributed by atoms with Gasteiger partial charge >= 0.3 is 0 Å². The summed E-state index contributed by atoms with van der Waals surface area (Å²) in [6.07, 6.45) is 3.62. The summed E-state index contributed by atoms with van der Waals surface area (Å²) in [4.78, 5) is 17.9. The third-order valence-electron chi connectivity index (χ3n) is 4.96. The summed E-state index contributed by atoms with van der Waals surface area (Å²) < 4.78 is 9.30. The molecule has 0 radical (unpaired) electrons. The number of rotatable bonds is 4. The number of aromatic nitrogens is 3. The normalized spacial score (nSPS) is 11.8. The first-order chi connectivity index (χ1) is 14.6. The van der Waals surface area contributed by atoms with Crippen LogP contribution in [0.4, 0.5) is 0 Å². The maximum atomic E-state index is 13.2. The van der Waals surface area contributed by atoms with Crippen LogP contribution in [0, 0.1) is 0 Å². The number of aryl methyl sites for hydroxylation is 1. The number of hydrogen-bond acceptors (Lipinski definition) is 4. The average Bonchev–Trinajstić information content (AvgIpc) is 3.39. The van der Waals surface area contributed by atoms with Crippen LogP contribution in [0.2, 0.25) is 5.02 Å². The Kier molecular flexibility index (Phi) is 4.48. The molecule has 0 spiro atoms. The highest BCUT2D eigenvalue weighted by Crippen LogP contribution is 2.29. The van der Waals surface area contributed by atoms with Crippen LogP contribution < -0.4 is 5.56 Å². The van der Waals surface area contributed by atoms with E-state index in [2.05, 4.69) is 10.1 Å². The van der Waals surface area contributed by atoms with Crippen LogP contribution in [-0.4, -0.2) is 20.4 Å². The van der Waals surface area contributed by atoms with Crippen molar-refractivity contribution in [1.29, 1.82) is 0 Å². The standard InChI is InChI=1S/C23H17ClN4O2/c1-2-27-11-5-6-17(27)14-25-28-22(26-19-8-4-3-7-18(19)23(28)29)21-13-15-12-16(24)9-10-20(15)30-21/h3-14H,2H2,1H3. The van der Waals surface area contributed by atoms with Crippen molar-refractivity contribution in [1.82, 2.24) is 14.2 Å². The molecule has 0 aliphatic heterocycles. The van der Waals surface area contributed by atoms with Crippen molar-refractivity contribution in [2.45, 2.75) is 13.5 Å². The van der Waals surface area contributed by atoms with E-state index in [9.17, 15) is 4.79 Å². The highest BCUT2D eigenvalue weighted by atomic mass is 35.5. The number of fused-ring (bicyclic) bond motifs is 2. The van der Waals surface area contributed by atoms with Crippen LogP contribution in [0.25, 0.3) is 33.5 Å². The van der Waals surface area contributed by atoms with Crippen LogP contribution in [-0.2, 0) is 6.54 Å². The van der Waals surface area contributed by atoms with Crippen molar-refractivity contribution in [3.05, 3.63) is 87.9 Å². The highest BCUT2D eigenvalue weighted by molar-refractivity contribution is 6.31. The average molecular weight is 417 g/mol. The monoisotopic (exact) mass is 416 g/mol. The molecule has 6 nitrogen and oxygen atoms in total. The summed E-state index contributed by atoms with van der Waals surface area (Å²) in [5.74, 6) is 0.773. The summed E-state index contributed by atoms with van der Waals surface area (Å²) in [6.45, 7) is 2.85. The summed E-state index contributed by atoms with van der Waals surface area (Å²) >= 11 is 6.11. The van der Waals surface area contributed by atoms with Gasteiger partial charge in [-0.2, -0.15) is 9.78 Å². The second-order valence-corrected chi connectivity index (χ2v) is 7.26. The van der Waals surface area contributed by atoms with Crippen molar-refractivity contribution in [3.63, 3.8) is 0 Å². The van der Waals surface area contributed by atoms with E-state index in [1.54, 1.807) is 30.5 Å². The number of hydrogen-bond donors (Lipinski definition) is 0. The summed E-state index contributed by atoms with van der Waals surface area (Å²) in [7, 11) is 0. The number of para-hydroxylation sites is 1. The summed E-state index contributed by atoms with van der Waals surface area (Å²) in [5, 5.41) is 6.41.